The van der Waals surface area contributed by atoms with Crippen LogP contribution in [0.2, 0.25) is 5.02 Å². The van der Waals surface area contributed by atoms with Crippen LogP contribution in [-0.4, -0.2) is 0 Å². The van der Waals surface area contributed by atoms with Crippen LogP contribution in [0, 0.1) is 0 Å². The summed E-state index contributed by atoms with van der Waals surface area (Å²) in [6.07, 6.45) is 0.793. The number of hydrogen-bond donors (Lipinski definition) is 1. The fraction of sp³-hybridized carbons (Fsp3) is 0.111. The summed E-state index contributed by atoms with van der Waals surface area (Å²) in [4.78, 5) is 0. The standard InChI is InChI=1S/C18H15BrClN/c19-17-11-14(20)8-9-16(17)18(21)10-13-6-3-5-12-4-1-2-7-15(12)13/h1-9,11,18H,10,21H2. The number of rotatable bonds is 3. The van der Waals surface area contributed by atoms with Crippen molar-refractivity contribution in [1.82, 2.24) is 0 Å². The number of benzene rings is 3. The van der Waals surface area contributed by atoms with Gasteiger partial charge in [0.05, 0.1) is 0 Å². The van der Waals surface area contributed by atoms with E-state index in [1.54, 1.807) is 0 Å². The topological polar surface area (TPSA) is 26.0 Å². The van der Waals surface area contributed by atoms with Gasteiger partial charge in [-0.05, 0) is 40.5 Å². The molecule has 0 bridgehead atoms. The molecule has 0 aliphatic carbocycles. The molecule has 1 unspecified atom stereocenters. The van der Waals surface area contributed by atoms with Crippen molar-refractivity contribution in [2.75, 3.05) is 0 Å². The van der Waals surface area contributed by atoms with E-state index in [1.165, 1.54) is 16.3 Å². The highest BCUT2D eigenvalue weighted by atomic mass is 79.9. The van der Waals surface area contributed by atoms with E-state index in [4.69, 9.17) is 17.3 Å². The summed E-state index contributed by atoms with van der Waals surface area (Å²) in [5.74, 6) is 0. The Labute approximate surface area is 137 Å². The van der Waals surface area contributed by atoms with Crippen molar-refractivity contribution < 1.29 is 0 Å². The normalized spacial score (nSPS) is 12.5. The van der Waals surface area contributed by atoms with Crippen molar-refractivity contribution >= 4 is 38.3 Å². The van der Waals surface area contributed by atoms with Crippen LogP contribution in [0.4, 0.5) is 0 Å². The first kappa shape index (κ1) is 14.6. The summed E-state index contributed by atoms with van der Waals surface area (Å²) in [5.41, 5.74) is 8.74. The van der Waals surface area contributed by atoms with E-state index in [0.717, 1.165) is 16.5 Å². The minimum Gasteiger partial charge on any atom is -0.324 e. The maximum Gasteiger partial charge on any atom is 0.0417 e. The molecule has 21 heavy (non-hydrogen) atoms. The first-order valence-corrected chi connectivity index (χ1v) is 7.99. The molecule has 3 aromatic carbocycles. The zero-order chi connectivity index (χ0) is 14.8. The van der Waals surface area contributed by atoms with Gasteiger partial charge in [-0.2, -0.15) is 0 Å². The monoisotopic (exact) mass is 359 g/mol. The van der Waals surface area contributed by atoms with Crippen LogP contribution in [0.3, 0.4) is 0 Å². The molecule has 0 aromatic heterocycles. The molecule has 0 heterocycles. The molecule has 0 aliphatic heterocycles. The predicted octanol–water partition coefficient (Wildman–Crippen LogP) is 5.50. The number of halogens is 2. The molecule has 0 radical (unpaired) electrons. The lowest BCUT2D eigenvalue weighted by atomic mass is 9.95. The van der Waals surface area contributed by atoms with Gasteiger partial charge in [-0.3, -0.25) is 0 Å². The molecular formula is C18H15BrClN. The Hall–Kier alpha value is -1.35. The van der Waals surface area contributed by atoms with Crippen LogP contribution in [0.1, 0.15) is 17.2 Å². The lowest BCUT2D eigenvalue weighted by Crippen LogP contribution is -2.14. The van der Waals surface area contributed by atoms with Crippen molar-refractivity contribution in [3.8, 4) is 0 Å². The molecular weight excluding hydrogens is 346 g/mol. The number of nitrogens with two attached hydrogens (primary N) is 1. The second-order valence-corrected chi connectivity index (χ2v) is 6.41. The Morgan fingerprint density at radius 3 is 2.57 bits per heavy atom. The van der Waals surface area contributed by atoms with Crippen LogP contribution in [-0.2, 0) is 6.42 Å². The molecule has 2 N–H and O–H groups in total. The van der Waals surface area contributed by atoms with E-state index in [2.05, 4.69) is 58.4 Å². The first-order chi connectivity index (χ1) is 10.1. The van der Waals surface area contributed by atoms with Crippen LogP contribution in [0.25, 0.3) is 10.8 Å². The van der Waals surface area contributed by atoms with Crippen molar-refractivity contribution in [2.24, 2.45) is 5.73 Å². The lowest BCUT2D eigenvalue weighted by Gasteiger charge is -2.15. The second-order valence-electron chi connectivity index (χ2n) is 5.11. The van der Waals surface area contributed by atoms with Gasteiger partial charge in [0.1, 0.15) is 0 Å². The molecule has 1 nitrogen and oxygen atoms in total. The maximum atomic E-state index is 6.40. The largest absolute Gasteiger partial charge is 0.324 e. The summed E-state index contributed by atoms with van der Waals surface area (Å²) < 4.78 is 0.961. The third-order valence-corrected chi connectivity index (χ3v) is 4.60. The third kappa shape index (κ3) is 3.13. The highest BCUT2D eigenvalue weighted by molar-refractivity contribution is 9.10. The van der Waals surface area contributed by atoms with Gasteiger partial charge in [0.25, 0.3) is 0 Å². The molecule has 0 aliphatic rings. The van der Waals surface area contributed by atoms with Gasteiger partial charge >= 0.3 is 0 Å². The Balaban J connectivity index is 1.94. The van der Waals surface area contributed by atoms with Gasteiger partial charge in [0, 0.05) is 15.5 Å². The van der Waals surface area contributed by atoms with Crippen molar-refractivity contribution in [2.45, 2.75) is 12.5 Å². The number of fused-ring (bicyclic) bond motifs is 1. The van der Waals surface area contributed by atoms with E-state index < -0.39 is 0 Å². The fourth-order valence-electron chi connectivity index (χ4n) is 2.62. The smallest absolute Gasteiger partial charge is 0.0417 e. The average Bonchev–Trinajstić information content (AvgIpc) is 2.47. The average molecular weight is 361 g/mol. The van der Waals surface area contributed by atoms with Crippen LogP contribution >= 0.6 is 27.5 Å². The van der Waals surface area contributed by atoms with Crippen LogP contribution in [0.5, 0.6) is 0 Å². The Bertz CT molecular complexity index is 780. The summed E-state index contributed by atoms with van der Waals surface area (Å²) in [5, 5.41) is 3.22. The summed E-state index contributed by atoms with van der Waals surface area (Å²) in [6, 6.07) is 20.4. The third-order valence-electron chi connectivity index (χ3n) is 3.68. The van der Waals surface area contributed by atoms with Crippen molar-refractivity contribution in [1.29, 1.82) is 0 Å². The highest BCUT2D eigenvalue weighted by Crippen LogP contribution is 2.29. The zero-order valence-corrected chi connectivity index (χ0v) is 13.7. The SMILES string of the molecule is NC(Cc1cccc2ccccc12)c1ccc(Cl)cc1Br. The van der Waals surface area contributed by atoms with Gasteiger partial charge in [-0.1, -0.05) is 76.1 Å². The molecule has 3 heteroatoms. The van der Waals surface area contributed by atoms with Gasteiger partial charge in [0.15, 0.2) is 0 Å². The molecule has 0 saturated carbocycles. The Morgan fingerprint density at radius 1 is 1.00 bits per heavy atom. The molecule has 0 fully saturated rings. The second kappa shape index (κ2) is 6.18. The van der Waals surface area contributed by atoms with E-state index >= 15 is 0 Å². The molecule has 0 spiro atoms. The van der Waals surface area contributed by atoms with Gasteiger partial charge in [-0.25, -0.2) is 0 Å². The molecule has 3 aromatic rings. The molecule has 0 saturated heterocycles. The van der Waals surface area contributed by atoms with Crippen LogP contribution in [0.15, 0.2) is 65.1 Å². The molecule has 0 amide bonds. The lowest BCUT2D eigenvalue weighted by molar-refractivity contribution is 0.722. The first-order valence-electron chi connectivity index (χ1n) is 6.82. The highest BCUT2D eigenvalue weighted by Gasteiger charge is 2.12. The van der Waals surface area contributed by atoms with E-state index in [1.807, 2.05) is 18.2 Å². The fourth-order valence-corrected chi connectivity index (χ4v) is 3.60. The van der Waals surface area contributed by atoms with Gasteiger partial charge in [0.2, 0.25) is 0 Å². The van der Waals surface area contributed by atoms with Crippen molar-refractivity contribution in [3.63, 3.8) is 0 Å². The van der Waals surface area contributed by atoms with Gasteiger partial charge < -0.3 is 5.73 Å². The molecule has 3 rings (SSSR count). The summed E-state index contributed by atoms with van der Waals surface area (Å²) in [6.45, 7) is 0. The van der Waals surface area contributed by atoms with E-state index in [-0.39, 0.29) is 6.04 Å². The zero-order valence-electron chi connectivity index (χ0n) is 11.4. The Morgan fingerprint density at radius 2 is 1.76 bits per heavy atom. The summed E-state index contributed by atoms with van der Waals surface area (Å²) >= 11 is 9.54. The predicted molar refractivity (Wildman–Crippen MR) is 93.7 cm³/mol. The summed E-state index contributed by atoms with van der Waals surface area (Å²) in [7, 11) is 0. The molecule has 1 atom stereocenters. The quantitative estimate of drug-likeness (QED) is 0.656. The maximum absolute atomic E-state index is 6.40. The molecule has 106 valence electrons. The minimum absolute atomic E-state index is 0.0672. The van der Waals surface area contributed by atoms with Crippen molar-refractivity contribution in [3.05, 3.63) is 81.3 Å². The van der Waals surface area contributed by atoms with E-state index in [0.29, 0.717) is 5.02 Å². The Kier molecular flexibility index (Phi) is 4.29. The van der Waals surface area contributed by atoms with Crippen LogP contribution < -0.4 is 5.73 Å². The minimum atomic E-state index is -0.0672. The van der Waals surface area contributed by atoms with E-state index in [9.17, 15) is 0 Å². The number of hydrogen-bond acceptors (Lipinski definition) is 1. The van der Waals surface area contributed by atoms with Gasteiger partial charge in [-0.15, -0.1) is 0 Å².